The summed E-state index contributed by atoms with van der Waals surface area (Å²) in [5.41, 5.74) is 1.84. The standard InChI is InChI=1S/C15H24O2Si/c1-8-9-12-11(2)14(10-13(12)16)17-18(6,7)15(3,4)5/h1,14H,9-10H2,2-7H3/t14-/m0/s1. The molecule has 0 aromatic rings. The molecule has 0 amide bonds. The van der Waals surface area contributed by atoms with Crippen LogP contribution in [0.25, 0.3) is 0 Å². The van der Waals surface area contributed by atoms with Gasteiger partial charge in [-0.2, -0.15) is 0 Å². The van der Waals surface area contributed by atoms with Crippen molar-refractivity contribution in [1.29, 1.82) is 0 Å². The molecule has 1 aliphatic rings. The first-order chi connectivity index (χ1) is 8.10. The Hall–Kier alpha value is -0.853. The van der Waals surface area contributed by atoms with Crippen molar-refractivity contribution < 1.29 is 9.22 Å². The van der Waals surface area contributed by atoms with Crippen LogP contribution in [0.2, 0.25) is 18.1 Å². The van der Waals surface area contributed by atoms with Crippen molar-refractivity contribution >= 4 is 14.1 Å². The molecule has 0 bridgehead atoms. The molecule has 0 unspecified atom stereocenters. The minimum atomic E-state index is -1.83. The van der Waals surface area contributed by atoms with Crippen molar-refractivity contribution in [3.63, 3.8) is 0 Å². The zero-order valence-corrected chi connectivity index (χ0v) is 13.4. The minimum absolute atomic E-state index is 0.0539. The van der Waals surface area contributed by atoms with Gasteiger partial charge in [-0.1, -0.05) is 20.8 Å². The highest BCUT2D eigenvalue weighted by molar-refractivity contribution is 6.74. The molecule has 0 spiro atoms. The van der Waals surface area contributed by atoms with Crippen molar-refractivity contribution in [3.05, 3.63) is 11.1 Å². The predicted octanol–water partition coefficient (Wildman–Crippen LogP) is 3.69. The Bertz CT molecular complexity index is 419. The summed E-state index contributed by atoms with van der Waals surface area (Å²) < 4.78 is 6.31. The molecule has 0 saturated carbocycles. The smallest absolute Gasteiger partial charge is 0.192 e. The lowest BCUT2D eigenvalue weighted by Crippen LogP contribution is -2.43. The zero-order chi connectivity index (χ0) is 14.1. The molecule has 0 aromatic heterocycles. The highest BCUT2D eigenvalue weighted by Gasteiger charge is 2.41. The number of hydrogen-bond donors (Lipinski definition) is 0. The Labute approximate surface area is 112 Å². The third kappa shape index (κ3) is 2.93. The Morgan fingerprint density at radius 1 is 1.44 bits per heavy atom. The third-order valence-electron chi connectivity index (χ3n) is 4.19. The molecular weight excluding hydrogens is 240 g/mol. The molecule has 0 N–H and O–H groups in total. The summed E-state index contributed by atoms with van der Waals surface area (Å²) in [5, 5.41) is 0.158. The van der Waals surface area contributed by atoms with E-state index in [1.54, 1.807) is 0 Å². The molecule has 1 aliphatic carbocycles. The van der Waals surface area contributed by atoms with E-state index in [4.69, 9.17) is 10.8 Å². The lowest BCUT2D eigenvalue weighted by molar-refractivity contribution is -0.115. The lowest BCUT2D eigenvalue weighted by atomic mass is 10.1. The summed E-state index contributed by atoms with van der Waals surface area (Å²) >= 11 is 0. The molecule has 100 valence electrons. The van der Waals surface area contributed by atoms with E-state index in [1.807, 2.05) is 6.92 Å². The summed E-state index contributed by atoms with van der Waals surface area (Å²) in [6.45, 7) is 13.0. The molecule has 3 heteroatoms. The minimum Gasteiger partial charge on any atom is -0.410 e. The number of allylic oxidation sites excluding steroid dienone is 1. The topological polar surface area (TPSA) is 26.3 Å². The van der Waals surface area contributed by atoms with Crippen LogP contribution in [-0.2, 0) is 9.22 Å². The van der Waals surface area contributed by atoms with Gasteiger partial charge in [-0.05, 0) is 30.6 Å². The predicted molar refractivity (Wildman–Crippen MR) is 77.8 cm³/mol. The van der Waals surface area contributed by atoms with Gasteiger partial charge in [-0.25, -0.2) is 0 Å². The summed E-state index contributed by atoms with van der Waals surface area (Å²) in [6.07, 6.45) is 6.15. The van der Waals surface area contributed by atoms with Crippen molar-refractivity contribution in [1.82, 2.24) is 0 Å². The van der Waals surface area contributed by atoms with E-state index in [1.165, 1.54) is 0 Å². The maximum Gasteiger partial charge on any atom is 0.192 e. The molecule has 0 radical (unpaired) electrons. The van der Waals surface area contributed by atoms with Crippen molar-refractivity contribution in [2.45, 2.75) is 64.8 Å². The Balaban J connectivity index is 2.90. The summed E-state index contributed by atoms with van der Waals surface area (Å²) in [6, 6.07) is 0. The Morgan fingerprint density at radius 2 is 2.00 bits per heavy atom. The van der Waals surface area contributed by atoms with Crippen LogP contribution in [0.4, 0.5) is 0 Å². The highest BCUT2D eigenvalue weighted by Crippen LogP contribution is 2.40. The maximum atomic E-state index is 11.9. The van der Waals surface area contributed by atoms with Gasteiger partial charge in [0.2, 0.25) is 0 Å². The van der Waals surface area contributed by atoms with E-state index in [-0.39, 0.29) is 16.9 Å². The second-order valence-electron chi connectivity index (χ2n) is 6.54. The van der Waals surface area contributed by atoms with Crippen LogP contribution in [0.5, 0.6) is 0 Å². The Morgan fingerprint density at radius 3 is 2.44 bits per heavy atom. The number of carbonyl (C=O) groups excluding carboxylic acids is 1. The SMILES string of the molecule is C#CCC1=C(C)[C@@H](O[Si](C)(C)C(C)(C)C)CC1=O. The molecule has 0 aromatic carbocycles. The van der Waals surface area contributed by atoms with Gasteiger partial charge in [0, 0.05) is 18.4 Å². The van der Waals surface area contributed by atoms with Gasteiger partial charge in [0.25, 0.3) is 0 Å². The van der Waals surface area contributed by atoms with Crippen LogP contribution in [0.1, 0.15) is 40.5 Å². The molecule has 0 saturated heterocycles. The summed E-state index contributed by atoms with van der Waals surface area (Å²) in [7, 11) is -1.83. The van der Waals surface area contributed by atoms with Crippen LogP contribution in [0, 0.1) is 12.3 Å². The summed E-state index contributed by atoms with van der Waals surface area (Å²) in [4.78, 5) is 11.9. The van der Waals surface area contributed by atoms with Crippen LogP contribution < -0.4 is 0 Å². The van der Waals surface area contributed by atoms with E-state index in [2.05, 4.69) is 39.8 Å². The molecule has 0 fully saturated rings. The summed E-state index contributed by atoms with van der Waals surface area (Å²) in [5.74, 6) is 2.72. The van der Waals surface area contributed by atoms with Gasteiger partial charge in [0.1, 0.15) is 0 Å². The maximum absolute atomic E-state index is 11.9. The van der Waals surface area contributed by atoms with Gasteiger partial charge < -0.3 is 4.43 Å². The van der Waals surface area contributed by atoms with Gasteiger partial charge >= 0.3 is 0 Å². The second-order valence-corrected chi connectivity index (χ2v) is 11.3. The average molecular weight is 264 g/mol. The normalized spacial score (nSPS) is 21.4. The molecular formula is C15H24O2Si. The van der Waals surface area contributed by atoms with Crippen molar-refractivity contribution in [3.8, 4) is 12.3 Å². The molecule has 1 atom stereocenters. The molecule has 0 heterocycles. The van der Waals surface area contributed by atoms with E-state index >= 15 is 0 Å². The van der Waals surface area contributed by atoms with Crippen LogP contribution in [0.3, 0.4) is 0 Å². The number of ketones is 1. The third-order valence-corrected chi connectivity index (χ3v) is 8.67. The van der Waals surface area contributed by atoms with Gasteiger partial charge in [-0.15, -0.1) is 12.3 Å². The first-order valence-corrected chi connectivity index (χ1v) is 9.35. The molecule has 2 nitrogen and oxygen atoms in total. The zero-order valence-electron chi connectivity index (χ0n) is 12.4. The van der Waals surface area contributed by atoms with Gasteiger partial charge in [0.05, 0.1) is 6.10 Å². The number of terminal acetylenes is 1. The van der Waals surface area contributed by atoms with E-state index < -0.39 is 8.32 Å². The number of hydrogen-bond acceptors (Lipinski definition) is 2. The van der Waals surface area contributed by atoms with Gasteiger partial charge in [-0.3, -0.25) is 4.79 Å². The molecule has 18 heavy (non-hydrogen) atoms. The first-order valence-electron chi connectivity index (χ1n) is 6.44. The second kappa shape index (κ2) is 5.03. The van der Waals surface area contributed by atoms with E-state index in [0.29, 0.717) is 12.8 Å². The largest absolute Gasteiger partial charge is 0.410 e. The van der Waals surface area contributed by atoms with Gasteiger partial charge in [0.15, 0.2) is 14.1 Å². The molecule has 0 aliphatic heterocycles. The number of rotatable bonds is 3. The van der Waals surface area contributed by atoms with Crippen molar-refractivity contribution in [2.75, 3.05) is 0 Å². The van der Waals surface area contributed by atoms with Crippen LogP contribution in [-0.4, -0.2) is 20.2 Å². The highest BCUT2D eigenvalue weighted by atomic mass is 28.4. The molecule has 1 rings (SSSR count). The quantitative estimate of drug-likeness (QED) is 0.574. The first kappa shape index (κ1) is 15.2. The fourth-order valence-corrected chi connectivity index (χ4v) is 3.19. The van der Waals surface area contributed by atoms with Crippen molar-refractivity contribution in [2.24, 2.45) is 0 Å². The Kier molecular flexibility index (Phi) is 4.25. The number of Topliss-reactive ketones (excluding diaryl/α,β-unsaturated/α-hetero) is 1. The lowest BCUT2D eigenvalue weighted by Gasteiger charge is -2.38. The van der Waals surface area contributed by atoms with E-state index in [0.717, 1.165) is 11.1 Å². The fourth-order valence-electron chi connectivity index (χ4n) is 1.86. The fraction of sp³-hybridized carbons (Fsp3) is 0.667. The number of carbonyl (C=O) groups is 1. The average Bonchev–Trinajstić information content (AvgIpc) is 2.44. The monoisotopic (exact) mass is 264 g/mol. The van der Waals surface area contributed by atoms with Crippen LogP contribution in [0.15, 0.2) is 11.1 Å². The van der Waals surface area contributed by atoms with E-state index in [9.17, 15) is 4.79 Å². The van der Waals surface area contributed by atoms with Crippen LogP contribution >= 0.6 is 0 Å².